The van der Waals surface area contributed by atoms with E-state index >= 15 is 0 Å². The van der Waals surface area contributed by atoms with E-state index in [1.807, 2.05) is 0 Å². The molecule has 7 N–H and O–H groups in total. The van der Waals surface area contributed by atoms with E-state index in [4.69, 9.17) is 28.4 Å². The fourth-order valence-corrected chi connectivity index (χ4v) is 7.67. The van der Waals surface area contributed by atoms with Gasteiger partial charge in [0.2, 0.25) is 0 Å². The summed E-state index contributed by atoms with van der Waals surface area (Å²) in [6.07, 6.45) is 21.7. The van der Waals surface area contributed by atoms with Crippen molar-refractivity contribution in [1.29, 1.82) is 0 Å². The molecular formula is C50H88O15. The van der Waals surface area contributed by atoms with Crippen LogP contribution in [-0.2, 0) is 38.0 Å². The zero-order chi connectivity index (χ0) is 47.5. The highest BCUT2D eigenvalue weighted by atomic mass is 16.7. The third-order valence-electron chi connectivity index (χ3n) is 11.9. The normalized spacial score (nSPS) is 26.7. The Kier molecular flexibility index (Phi) is 34.1. The molecule has 0 aromatic rings. The Morgan fingerprint density at radius 2 is 0.923 bits per heavy atom. The van der Waals surface area contributed by atoms with Crippen LogP contribution < -0.4 is 0 Å². The lowest BCUT2D eigenvalue weighted by Crippen LogP contribution is -2.61. The number of carbonyl (C=O) groups excluding carboxylic acids is 2. The molecule has 2 rings (SSSR count). The average molecular weight is 929 g/mol. The van der Waals surface area contributed by atoms with E-state index in [0.717, 1.165) is 77.0 Å². The van der Waals surface area contributed by atoms with Gasteiger partial charge in [-0.3, -0.25) is 9.59 Å². The minimum Gasteiger partial charge on any atom is -0.462 e. The van der Waals surface area contributed by atoms with E-state index in [-0.39, 0.29) is 19.4 Å². The van der Waals surface area contributed by atoms with Gasteiger partial charge in [-0.1, -0.05) is 134 Å². The highest BCUT2D eigenvalue weighted by Crippen LogP contribution is 2.26. The molecule has 2 heterocycles. The number of ether oxygens (including phenoxy) is 6. The lowest BCUT2D eigenvalue weighted by molar-refractivity contribution is -0.332. The molecular weight excluding hydrogens is 841 g/mol. The molecule has 0 saturated carbocycles. The second-order valence-electron chi connectivity index (χ2n) is 17.7. The summed E-state index contributed by atoms with van der Waals surface area (Å²) in [7, 11) is 0. The molecule has 15 nitrogen and oxygen atoms in total. The quantitative estimate of drug-likeness (QED) is 0.0151. The third kappa shape index (κ3) is 26.2. The Bertz CT molecular complexity index is 1280. The molecule has 0 radical (unpaired) electrons. The van der Waals surface area contributed by atoms with E-state index in [0.29, 0.717) is 12.8 Å². The number of hydrogen-bond donors (Lipinski definition) is 7. The fourth-order valence-electron chi connectivity index (χ4n) is 7.67. The maximum Gasteiger partial charge on any atom is 0.306 e. The van der Waals surface area contributed by atoms with Gasteiger partial charge in [0, 0.05) is 12.8 Å². The minimum atomic E-state index is -1.77. The van der Waals surface area contributed by atoms with Gasteiger partial charge in [-0.05, 0) is 64.2 Å². The molecule has 15 heteroatoms. The van der Waals surface area contributed by atoms with Crippen molar-refractivity contribution in [1.82, 2.24) is 0 Å². The Labute approximate surface area is 389 Å². The number of aliphatic hydroxyl groups excluding tert-OH is 7. The molecule has 0 amide bonds. The van der Waals surface area contributed by atoms with Crippen molar-refractivity contribution in [3.8, 4) is 0 Å². The van der Waals surface area contributed by atoms with Crippen LogP contribution in [0.25, 0.3) is 0 Å². The predicted molar refractivity (Wildman–Crippen MR) is 247 cm³/mol. The van der Waals surface area contributed by atoms with E-state index < -0.39 is 99.3 Å². The van der Waals surface area contributed by atoms with Gasteiger partial charge in [-0.2, -0.15) is 0 Å². The Morgan fingerprint density at radius 1 is 0.492 bits per heavy atom. The molecule has 378 valence electrons. The van der Waals surface area contributed by atoms with E-state index in [9.17, 15) is 45.3 Å². The maximum atomic E-state index is 13.0. The molecule has 4 unspecified atom stereocenters. The van der Waals surface area contributed by atoms with Crippen molar-refractivity contribution in [3.63, 3.8) is 0 Å². The lowest BCUT2D eigenvalue weighted by atomic mass is 9.98. The van der Waals surface area contributed by atoms with Crippen molar-refractivity contribution in [2.75, 3.05) is 26.4 Å². The number of carbonyl (C=O) groups is 2. The van der Waals surface area contributed by atoms with Crippen LogP contribution in [0.3, 0.4) is 0 Å². The van der Waals surface area contributed by atoms with Gasteiger partial charge in [0.25, 0.3) is 0 Å². The zero-order valence-electron chi connectivity index (χ0n) is 39.7. The first-order valence-electron chi connectivity index (χ1n) is 25.1. The predicted octanol–water partition coefficient (Wildman–Crippen LogP) is 6.54. The van der Waals surface area contributed by atoms with Gasteiger partial charge in [-0.25, -0.2) is 0 Å². The van der Waals surface area contributed by atoms with Crippen LogP contribution in [0.5, 0.6) is 0 Å². The summed E-state index contributed by atoms with van der Waals surface area (Å²) in [5.41, 5.74) is 0. The van der Waals surface area contributed by atoms with Crippen molar-refractivity contribution in [2.45, 2.75) is 242 Å². The molecule has 11 atom stereocenters. The summed E-state index contributed by atoms with van der Waals surface area (Å²) in [5.74, 6) is -0.952. The van der Waals surface area contributed by atoms with E-state index in [1.165, 1.54) is 57.8 Å². The summed E-state index contributed by atoms with van der Waals surface area (Å²) in [4.78, 5) is 25.7. The van der Waals surface area contributed by atoms with Crippen LogP contribution in [0.1, 0.15) is 174 Å². The molecule has 2 aliphatic heterocycles. The first-order valence-corrected chi connectivity index (χ1v) is 25.1. The summed E-state index contributed by atoms with van der Waals surface area (Å²) in [6.45, 7) is 2.53. The van der Waals surface area contributed by atoms with Crippen LogP contribution in [0.2, 0.25) is 0 Å². The Balaban J connectivity index is 1.84. The zero-order valence-corrected chi connectivity index (χ0v) is 39.7. The largest absolute Gasteiger partial charge is 0.462 e. The number of hydrogen-bond acceptors (Lipinski definition) is 15. The monoisotopic (exact) mass is 929 g/mol. The van der Waals surface area contributed by atoms with Crippen LogP contribution in [0.15, 0.2) is 36.5 Å². The molecule has 0 spiro atoms. The van der Waals surface area contributed by atoms with E-state index in [2.05, 4.69) is 50.3 Å². The van der Waals surface area contributed by atoms with Crippen molar-refractivity contribution in [2.24, 2.45) is 0 Å². The van der Waals surface area contributed by atoms with Gasteiger partial charge in [0.15, 0.2) is 18.7 Å². The van der Waals surface area contributed by atoms with Gasteiger partial charge in [-0.15, -0.1) is 0 Å². The fraction of sp³-hybridized carbons (Fsp3) is 0.840. The van der Waals surface area contributed by atoms with Crippen molar-refractivity contribution >= 4 is 11.9 Å². The molecule has 0 aliphatic carbocycles. The lowest BCUT2D eigenvalue weighted by Gasteiger charge is -2.42. The smallest absolute Gasteiger partial charge is 0.306 e. The maximum absolute atomic E-state index is 13.0. The molecule has 2 fully saturated rings. The van der Waals surface area contributed by atoms with Crippen LogP contribution in [0, 0.1) is 0 Å². The number of rotatable bonds is 38. The number of esters is 2. The number of allylic oxidation sites excluding steroid dienone is 6. The molecule has 0 aromatic carbocycles. The standard InChI is InChI=1S/C50H88O15/c1-3-5-7-9-11-13-15-17-19-21-23-25-27-29-31-33-42(53)63-38(35-60-41(52)32-30-28-26-24-22-20-18-16-14-12-10-8-6-4-2)36-61-49-48(59)46(57)44(55)40(65-49)37-62-50-47(58)45(56)43(54)39(34-51)64-50/h13,15-19,38-40,43-51,54-59H,3-12,14,20-37H2,1-2H3/b15-13+,18-16+,19-17+/t38-,39-,40-,43+,44+,45?,46?,47?,48?,49-,50-/m1/s1. The summed E-state index contributed by atoms with van der Waals surface area (Å²) in [5, 5.41) is 72.0. The van der Waals surface area contributed by atoms with Gasteiger partial charge in [0.1, 0.15) is 55.4 Å². The molecule has 2 saturated heterocycles. The molecule has 2 aliphatic rings. The summed E-state index contributed by atoms with van der Waals surface area (Å²) < 4.78 is 33.5. The summed E-state index contributed by atoms with van der Waals surface area (Å²) >= 11 is 0. The topological polar surface area (TPSA) is 231 Å². The van der Waals surface area contributed by atoms with E-state index in [1.54, 1.807) is 0 Å². The number of unbranched alkanes of at least 4 members (excludes halogenated alkanes) is 19. The second-order valence-corrected chi connectivity index (χ2v) is 17.7. The Hall–Kier alpha value is -2.28. The third-order valence-corrected chi connectivity index (χ3v) is 11.9. The second kappa shape index (κ2) is 37.7. The number of aliphatic hydroxyl groups is 7. The van der Waals surface area contributed by atoms with Crippen molar-refractivity contribution < 1.29 is 73.8 Å². The van der Waals surface area contributed by atoms with Gasteiger partial charge >= 0.3 is 11.9 Å². The summed E-state index contributed by atoms with van der Waals surface area (Å²) in [6, 6.07) is 0. The molecule has 0 aromatic heterocycles. The SMILES string of the molecule is CCCCCC/C=C/C=C/CCCCCCCC(=O)O[C@H](COC(=O)CCCCCCC/C=C/CCCCCCC)CO[C@@H]1O[C@H](CO[C@@H]2O[C@H](CO)[C@H](O)C(O)C2O)[C@H](O)C(O)C1O. The molecule has 65 heavy (non-hydrogen) atoms. The van der Waals surface area contributed by atoms with Crippen LogP contribution in [-0.4, -0.2) is 142 Å². The van der Waals surface area contributed by atoms with Gasteiger partial charge < -0.3 is 64.2 Å². The molecule has 0 bridgehead atoms. The van der Waals surface area contributed by atoms with Crippen LogP contribution >= 0.6 is 0 Å². The average Bonchev–Trinajstić information content (AvgIpc) is 3.30. The minimum absolute atomic E-state index is 0.146. The van der Waals surface area contributed by atoms with Gasteiger partial charge in [0.05, 0.1) is 19.8 Å². The van der Waals surface area contributed by atoms with Crippen molar-refractivity contribution in [3.05, 3.63) is 36.5 Å². The first-order chi connectivity index (χ1) is 31.5. The van der Waals surface area contributed by atoms with Crippen LogP contribution in [0.4, 0.5) is 0 Å². The Morgan fingerprint density at radius 3 is 1.46 bits per heavy atom. The first kappa shape index (κ1) is 58.8. The highest BCUT2D eigenvalue weighted by molar-refractivity contribution is 5.70. The highest BCUT2D eigenvalue weighted by Gasteiger charge is 2.47.